The number of benzene rings is 1. The van der Waals surface area contributed by atoms with Crippen LogP contribution in [0.1, 0.15) is 54.2 Å². The van der Waals surface area contributed by atoms with E-state index in [0.29, 0.717) is 28.1 Å². The Morgan fingerprint density at radius 1 is 1.17 bits per heavy atom. The van der Waals surface area contributed by atoms with E-state index in [0.717, 1.165) is 44.8 Å². The van der Waals surface area contributed by atoms with Crippen molar-refractivity contribution >= 4 is 34.1 Å². The van der Waals surface area contributed by atoms with Gasteiger partial charge in [0.05, 0.1) is 23.3 Å². The molecule has 186 valence electrons. The summed E-state index contributed by atoms with van der Waals surface area (Å²) in [6.07, 6.45) is 2.79. The van der Waals surface area contributed by atoms with E-state index >= 15 is 0 Å². The summed E-state index contributed by atoms with van der Waals surface area (Å²) in [4.78, 5) is 16.6. The number of fused-ring (bicyclic) bond motifs is 1. The molecule has 0 radical (unpaired) electrons. The van der Waals surface area contributed by atoms with Crippen LogP contribution in [0.15, 0.2) is 36.7 Å². The van der Waals surface area contributed by atoms with Crippen LogP contribution in [0.5, 0.6) is 0 Å². The number of carbonyl (C=O) groups is 1. The number of hydrogen-bond acceptors (Lipinski definition) is 5. The fourth-order valence-electron chi connectivity index (χ4n) is 4.92. The van der Waals surface area contributed by atoms with E-state index in [1.54, 1.807) is 18.5 Å². The van der Waals surface area contributed by atoms with Crippen LogP contribution >= 0.6 is 11.6 Å². The lowest BCUT2D eigenvalue weighted by Gasteiger charge is -2.31. The number of rotatable bonds is 5. The lowest BCUT2D eigenvalue weighted by Crippen LogP contribution is -2.41. The molecule has 1 amide bonds. The molecule has 11 heteroatoms. The van der Waals surface area contributed by atoms with Gasteiger partial charge in [0.25, 0.3) is 5.91 Å². The Kier molecular flexibility index (Phi) is 6.59. The second kappa shape index (κ2) is 9.66. The highest BCUT2D eigenvalue weighted by molar-refractivity contribution is 6.31. The van der Waals surface area contributed by atoms with E-state index in [-0.39, 0.29) is 29.5 Å². The van der Waals surface area contributed by atoms with Crippen LogP contribution in [0.4, 0.5) is 18.9 Å². The molecule has 3 N–H and O–H groups in total. The molecule has 3 heterocycles. The predicted molar refractivity (Wildman–Crippen MR) is 128 cm³/mol. The molecule has 7 nitrogen and oxygen atoms in total. The van der Waals surface area contributed by atoms with Gasteiger partial charge in [-0.2, -0.15) is 18.3 Å². The minimum absolute atomic E-state index is 0.0935. The van der Waals surface area contributed by atoms with Crippen LogP contribution in [-0.4, -0.2) is 45.8 Å². The summed E-state index contributed by atoms with van der Waals surface area (Å²) in [5, 5.41) is 14.9. The molecule has 1 aliphatic heterocycles. The van der Waals surface area contributed by atoms with Gasteiger partial charge in [0.1, 0.15) is 5.69 Å². The smallest absolute Gasteiger partial charge is 0.382 e. The molecule has 3 aromatic rings. The summed E-state index contributed by atoms with van der Waals surface area (Å²) in [5.41, 5.74) is 0.122. The molecule has 1 saturated heterocycles. The first-order chi connectivity index (χ1) is 16.8. The van der Waals surface area contributed by atoms with Crippen molar-refractivity contribution in [3.05, 3.63) is 52.9 Å². The molecule has 3 atom stereocenters. The van der Waals surface area contributed by atoms with Gasteiger partial charge < -0.3 is 16.0 Å². The third-order valence-electron chi connectivity index (χ3n) is 6.70. The maximum atomic E-state index is 13.4. The van der Waals surface area contributed by atoms with Crippen molar-refractivity contribution in [1.82, 2.24) is 25.4 Å². The highest BCUT2D eigenvalue weighted by atomic mass is 35.5. The van der Waals surface area contributed by atoms with Gasteiger partial charge in [-0.1, -0.05) is 11.6 Å². The zero-order valence-corrected chi connectivity index (χ0v) is 19.7. The van der Waals surface area contributed by atoms with Gasteiger partial charge in [-0.15, -0.1) is 0 Å². The highest BCUT2D eigenvalue weighted by Crippen LogP contribution is 2.35. The number of alkyl halides is 3. The molecule has 2 aromatic heterocycles. The van der Waals surface area contributed by atoms with Crippen molar-refractivity contribution in [3.63, 3.8) is 0 Å². The molecule has 1 saturated carbocycles. The second-order valence-corrected chi connectivity index (χ2v) is 9.68. The van der Waals surface area contributed by atoms with Crippen LogP contribution in [0, 0.1) is 0 Å². The van der Waals surface area contributed by atoms with E-state index < -0.39 is 11.9 Å². The van der Waals surface area contributed by atoms with Gasteiger partial charge in [0.15, 0.2) is 0 Å². The average molecular weight is 507 g/mol. The van der Waals surface area contributed by atoms with Crippen molar-refractivity contribution in [2.45, 2.75) is 56.4 Å². The van der Waals surface area contributed by atoms with Gasteiger partial charge in [-0.05, 0) is 62.9 Å². The number of pyridine rings is 1. The first-order valence-corrected chi connectivity index (χ1v) is 12.1. The van der Waals surface area contributed by atoms with Gasteiger partial charge in [0, 0.05) is 40.9 Å². The average Bonchev–Trinajstić information content (AvgIpc) is 3.51. The summed E-state index contributed by atoms with van der Waals surface area (Å²) in [5.74, 6) is -0.187. The molecule has 2 aliphatic rings. The van der Waals surface area contributed by atoms with Crippen LogP contribution in [0.25, 0.3) is 10.9 Å². The van der Waals surface area contributed by atoms with Crippen LogP contribution < -0.4 is 16.0 Å². The van der Waals surface area contributed by atoms with Gasteiger partial charge in [0.2, 0.25) is 0 Å². The molecule has 0 bridgehead atoms. The molecule has 35 heavy (non-hydrogen) atoms. The van der Waals surface area contributed by atoms with Gasteiger partial charge in [-0.3, -0.25) is 9.48 Å². The Labute approximate surface area is 205 Å². The SMILES string of the molecule is O=C(N[C@@H]1CCC[C@H](Nc2cc(C(F)(F)F)nc3ccc(Cl)cc23)C1)c1cnn([C@@H]2CCNC2)c1. The standard InChI is InChI=1S/C24H26ClF3N6O/c25-15-4-5-20-19(8-15)21(10-22(33-20)24(26,27)28)31-16-2-1-3-17(9-16)32-23(35)14-11-30-34(13-14)18-6-7-29-12-18/h4-5,8,10-11,13,16-18,29H,1-3,6-7,9,12H2,(H,31,33)(H,32,35)/t16-,17+,18+/m0/s1. The monoisotopic (exact) mass is 506 g/mol. The van der Waals surface area contributed by atoms with E-state index in [1.807, 2.05) is 4.68 Å². The van der Waals surface area contributed by atoms with Crippen molar-refractivity contribution < 1.29 is 18.0 Å². The third-order valence-corrected chi connectivity index (χ3v) is 6.94. The minimum atomic E-state index is -4.56. The number of carbonyl (C=O) groups excluding carboxylic acids is 1. The van der Waals surface area contributed by atoms with Crippen LogP contribution in [-0.2, 0) is 6.18 Å². The summed E-state index contributed by atoms with van der Waals surface area (Å²) >= 11 is 6.11. The number of nitrogens with one attached hydrogen (secondary N) is 3. The van der Waals surface area contributed by atoms with Crippen LogP contribution in [0.2, 0.25) is 5.02 Å². The zero-order valence-electron chi connectivity index (χ0n) is 18.9. The summed E-state index contributed by atoms with van der Waals surface area (Å²) < 4.78 is 42.2. The Morgan fingerprint density at radius 3 is 2.77 bits per heavy atom. The van der Waals surface area contributed by atoms with Crippen molar-refractivity contribution in [2.75, 3.05) is 18.4 Å². The first kappa shape index (κ1) is 23.9. The molecule has 0 unspecified atom stereocenters. The minimum Gasteiger partial charge on any atom is -0.382 e. The molecule has 5 rings (SSSR count). The van der Waals surface area contributed by atoms with Gasteiger partial charge in [-0.25, -0.2) is 4.98 Å². The van der Waals surface area contributed by atoms with E-state index in [4.69, 9.17) is 11.6 Å². The normalized spacial score (nSPS) is 22.9. The zero-order chi connectivity index (χ0) is 24.6. The Morgan fingerprint density at radius 2 is 2.00 bits per heavy atom. The molecule has 1 aromatic carbocycles. The number of anilines is 1. The van der Waals surface area contributed by atoms with Crippen molar-refractivity contribution in [3.8, 4) is 0 Å². The van der Waals surface area contributed by atoms with Gasteiger partial charge >= 0.3 is 6.18 Å². The Balaban J connectivity index is 1.29. The number of halogens is 4. The van der Waals surface area contributed by atoms with E-state index in [9.17, 15) is 18.0 Å². The van der Waals surface area contributed by atoms with E-state index in [1.165, 1.54) is 12.1 Å². The lowest BCUT2D eigenvalue weighted by atomic mass is 9.90. The number of nitrogens with zero attached hydrogens (tertiary/aromatic N) is 3. The van der Waals surface area contributed by atoms with Crippen molar-refractivity contribution in [1.29, 1.82) is 0 Å². The van der Waals surface area contributed by atoms with E-state index in [2.05, 4.69) is 26.0 Å². The summed E-state index contributed by atoms with van der Waals surface area (Å²) in [7, 11) is 0. The topological polar surface area (TPSA) is 83.9 Å². The first-order valence-electron chi connectivity index (χ1n) is 11.8. The molecular formula is C24H26ClF3N6O. The maximum absolute atomic E-state index is 13.4. The fraction of sp³-hybridized carbons (Fsp3) is 0.458. The summed E-state index contributed by atoms with van der Waals surface area (Å²) in [6.45, 7) is 1.77. The maximum Gasteiger partial charge on any atom is 0.433 e. The number of amides is 1. The fourth-order valence-corrected chi connectivity index (χ4v) is 5.10. The third kappa shape index (κ3) is 5.38. The molecular weight excluding hydrogens is 481 g/mol. The largest absolute Gasteiger partial charge is 0.433 e. The highest BCUT2D eigenvalue weighted by Gasteiger charge is 2.34. The second-order valence-electron chi connectivity index (χ2n) is 9.25. The Hall–Kier alpha value is -2.85. The molecule has 0 spiro atoms. The molecule has 2 fully saturated rings. The number of aromatic nitrogens is 3. The predicted octanol–water partition coefficient (Wildman–Crippen LogP) is 4.79. The number of hydrogen-bond donors (Lipinski definition) is 3. The van der Waals surface area contributed by atoms with Crippen LogP contribution in [0.3, 0.4) is 0 Å². The Bertz CT molecular complexity index is 1220. The summed E-state index contributed by atoms with van der Waals surface area (Å²) in [6, 6.07) is 5.72. The van der Waals surface area contributed by atoms with Crippen molar-refractivity contribution in [2.24, 2.45) is 0 Å². The quantitative estimate of drug-likeness (QED) is 0.463. The molecule has 1 aliphatic carbocycles. The lowest BCUT2D eigenvalue weighted by molar-refractivity contribution is -0.140.